The van der Waals surface area contributed by atoms with Gasteiger partial charge in [-0.2, -0.15) is 0 Å². The Labute approximate surface area is 311 Å². The molecule has 4 heteroatoms. The van der Waals surface area contributed by atoms with Crippen LogP contribution in [-0.2, 0) is 6.42 Å². The van der Waals surface area contributed by atoms with Crippen LogP contribution in [0.15, 0.2) is 137 Å². The molecule has 1 aliphatic heterocycles. The van der Waals surface area contributed by atoms with Crippen molar-refractivity contribution in [1.29, 1.82) is 0 Å². The van der Waals surface area contributed by atoms with Crippen molar-refractivity contribution < 1.29 is 4.42 Å². The molecule has 0 amide bonds. The van der Waals surface area contributed by atoms with Crippen LogP contribution in [0.1, 0.15) is 49.0 Å². The molecule has 2 nitrogen and oxygen atoms in total. The van der Waals surface area contributed by atoms with Crippen LogP contribution >= 0.6 is 0 Å². The molecule has 52 heavy (non-hydrogen) atoms. The van der Waals surface area contributed by atoms with Crippen LogP contribution in [0.4, 0.5) is 11.4 Å². The first-order valence-corrected chi connectivity index (χ1v) is 22.6. The Morgan fingerprint density at radius 3 is 2.60 bits per heavy atom. The standard InChI is InChI=1S/C48H42NOSi2/c1-51-44-26-23-35(29-42(44)32-12-4-3-5-13-32)49(34-17-10-16-33(28-34)38-20-11-15-31-14-6-7-18-37(31)38)36-22-24-41-46(30-36)52(2)45-27-25-40-39-19-8-9-21-43(39)50-48(40)47(41)45/h4,6-7,9-10,12-18,21-30,42,44H,3,5,8,11,19-20H2,1-2H3. The average Bonchev–Trinajstić information content (AvgIpc) is 3.73. The molecule has 5 aromatic rings. The van der Waals surface area contributed by atoms with Crippen molar-refractivity contribution in [2.75, 3.05) is 4.90 Å². The fourth-order valence-corrected chi connectivity index (χ4v) is 12.4. The quantitative estimate of drug-likeness (QED) is 0.164. The minimum Gasteiger partial charge on any atom is -0.456 e. The lowest BCUT2D eigenvalue weighted by molar-refractivity contribution is 0.596. The van der Waals surface area contributed by atoms with Crippen LogP contribution in [0.5, 0.6) is 0 Å². The van der Waals surface area contributed by atoms with Crippen molar-refractivity contribution in [2.24, 2.45) is 5.92 Å². The lowest BCUT2D eigenvalue weighted by atomic mass is 9.87. The Morgan fingerprint density at radius 1 is 0.788 bits per heavy atom. The van der Waals surface area contributed by atoms with E-state index in [0.29, 0.717) is 11.5 Å². The molecule has 0 N–H and O–H groups in total. The first kappa shape index (κ1) is 31.8. The molecule has 4 aliphatic carbocycles. The molecule has 3 radical (unpaired) electrons. The number of fused-ring (bicyclic) bond motifs is 8. The highest BCUT2D eigenvalue weighted by Crippen LogP contribution is 2.42. The molecule has 10 rings (SSSR count). The summed E-state index contributed by atoms with van der Waals surface area (Å²) in [7, 11) is -0.143. The van der Waals surface area contributed by atoms with Gasteiger partial charge in [0.25, 0.3) is 0 Å². The number of aryl methyl sites for hydroxylation is 1. The smallest absolute Gasteiger partial charge is 0.142 e. The number of anilines is 2. The zero-order valence-electron chi connectivity index (χ0n) is 30.0. The van der Waals surface area contributed by atoms with Gasteiger partial charge in [-0.25, -0.2) is 0 Å². The summed E-state index contributed by atoms with van der Waals surface area (Å²) in [5, 5.41) is 6.96. The van der Waals surface area contributed by atoms with E-state index in [4.69, 9.17) is 4.42 Å². The fraction of sp³-hybridized carbons (Fsp3) is 0.208. The number of nitrogens with zero attached hydrogens (tertiary/aromatic N) is 1. The maximum absolute atomic E-state index is 6.65. The monoisotopic (exact) mass is 704 g/mol. The third-order valence-corrected chi connectivity index (χ3v) is 15.5. The number of benzene rings is 4. The van der Waals surface area contributed by atoms with E-state index in [1.54, 1.807) is 0 Å². The number of allylic oxidation sites excluding steroid dienone is 8. The van der Waals surface area contributed by atoms with Gasteiger partial charge >= 0.3 is 0 Å². The fourth-order valence-electron chi connectivity index (χ4n) is 9.28. The molecule has 0 saturated carbocycles. The predicted octanol–water partition coefficient (Wildman–Crippen LogP) is 9.41. The summed E-state index contributed by atoms with van der Waals surface area (Å²) >= 11 is 0. The summed E-state index contributed by atoms with van der Waals surface area (Å²) in [6.07, 6.45) is 28.0. The molecule has 5 aliphatic rings. The van der Waals surface area contributed by atoms with E-state index in [0.717, 1.165) is 59.4 Å². The van der Waals surface area contributed by atoms with Crippen molar-refractivity contribution >= 4 is 68.8 Å². The normalized spacial score (nSPS) is 20.2. The van der Waals surface area contributed by atoms with Gasteiger partial charge in [0.15, 0.2) is 0 Å². The second-order valence-corrected chi connectivity index (χ2v) is 18.3. The average molecular weight is 705 g/mol. The first-order chi connectivity index (χ1) is 25.7. The highest BCUT2D eigenvalue weighted by atomic mass is 28.3. The largest absolute Gasteiger partial charge is 0.456 e. The van der Waals surface area contributed by atoms with E-state index < -0.39 is 8.80 Å². The lowest BCUT2D eigenvalue weighted by Crippen LogP contribution is -2.34. The predicted molar refractivity (Wildman–Crippen MR) is 223 cm³/mol. The summed E-state index contributed by atoms with van der Waals surface area (Å²) in [5.41, 5.74) is 13.6. The molecular weight excluding hydrogens is 663 g/mol. The SMILES string of the molecule is C[Si]C1C=CC(N(c2cccc(C3=c4ccccc4=CCC3)c2)c2ccc3c(c2)[Si](C)c2ccc4c5c(oc4c2-3)C=CCC5)=CC1C1=CCCC=C1. The molecule has 2 heterocycles. The maximum atomic E-state index is 6.65. The molecular formula is C48H42NOSi2. The molecule has 0 bridgehead atoms. The Balaban J connectivity index is 1.14. The summed E-state index contributed by atoms with van der Waals surface area (Å²) in [5.74, 6) is 1.42. The van der Waals surface area contributed by atoms with Crippen LogP contribution in [-0.4, -0.2) is 18.3 Å². The van der Waals surface area contributed by atoms with Crippen molar-refractivity contribution in [2.45, 2.75) is 57.2 Å². The van der Waals surface area contributed by atoms with Crippen molar-refractivity contribution in [1.82, 2.24) is 0 Å². The van der Waals surface area contributed by atoms with Crippen molar-refractivity contribution in [3.05, 3.63) is 160 Å². The van der Waals surface area contributed by atoms with E-state index in [-0.39, 0.29) is 0 Å². The molecule has 253 valence electrons. The number of hydrogen-bond donors (Lipinski definition) is 0. The Kier molecular flexibility index (Phi) is 7.92. The maximum Gasteiger partial charge on any atom is 0.142 e. The third kappa shape index (κ3) is 5.18. The number of hydrogen-bond acceptors (Lipinski definition) is 2. The Bertz CT molecular complexity index is 2560. The lowest BCUT2D eigenvalue weighted by Gasteiger charge is -2.33. The topological polar surface area (TPSA) is 16.4 Å². The molecule has 0 spiro atoms. The number of rotatable bonds is 6. The molecule has 2 unspecified atom stereocenters. The number of furan rings is 1. The zero-order chi connectivity index (χ0) is 34.8. The highest BCUT2D eigenvalue weighted by molar-refractivity contribution is 6.89. The van der Waals surface area contributed by atoms with Gasteiger partial charge in [0.05, 0.1) is 0 Å². The van der Waals surface area contributed by atoms with Gasteiger partial charge in [0.2, 0.25) is 0 Å². The van der Waals surface area contributed by atoms with Gasteiger partial charge in [0, 0.05) is 49.0 Å². The first-order valence-electron chi connectivity index (χ1n) is 19.0. The molecule has 0 saturated heterocycles. The Hall–Kier alpha value is -4.91. The molecule has 2 atom stereocenters. The van der Waals surface area contributed by atoms with Gasteiger partial charge in [-0.15, -0.1) is 0 Å². The van der Waals surface area contributed by atoms with Crippen LogP contribution in [0.25, 0.3) is 39.8 Å². The van der Waals surface area contributed by atoms with E-state index >= 15 is 0 Å². The van der Waals surface area contributed by atoms with Crippen molar-refractivity contribution in [3.63, 3.8) is 0 Å². The van der Waals surface area contributed by atoms with Crippen LogP contribution in [0.2, 0.25) is 18.6 Å². The van der Waals surface area contributed by atoms with Crippen LogP contribution in [0, 0.1) is 5.92 Å². The van der Waals surface area contributed by atoms with E-state index in [2.05, 4.69) is 152 Å². The minimum atomic E-state index is -0.993. The second-order valence-electron chi connectivity index (χ2n) is 14.8. The van der Waals surface area contributed by atoms with Crippen LogP contribution in [0.3, 0.4) is 0 Å². The minimum absolute atomic E-state index is 0.373. The van der Waals surface area contributed by atoms with E-state index in [9.17, 15) is 0 Å². The van der Waals surface area contributed by atoms with Gasteiger partial charge < -0.3 is 9.32 Å². The second kappa shape index (κ2) is 12.9. The third-order valence-electron chi connectivity index (χ3n) is 11.9. The summed E-state index contributed by atoms with van der Waals surface area (Å²) in [6, 6.07) is 30.3. The molecule has 0 fully saturated rings. The van der Waals surface area contributed by atoms with Gasteiger partial charge in [0.1, 0.15) is 20.1 Å². The van der Waals surface area contributed by atoms with Gasteiger partial charge in [-0.3, -0.25) is 0 Å². The Morgan fingerprint density at radius 2 is 1.69 bits per heavy atom. The highest BCUT2D eigenvalue weighted by Gasteiger charge is 2.33. The molecule has 1 aromatic heterocycles. The van der Waals surface area contributed by atoms with Gasteiger partial charge in [-0.1, -0.05) is 110 Å². The zero-order valence-corrected chi connectivity index (χ0v) is 32.0. The van der Waals surface area contributed by atoms with Crippen LogP contribution < -0.4 is 25.7 Å². The summed E-state index contributed by atoms with van der Waals surface area (Å²) < 4.78 is 6.65. The molecule has 4 aromatic carbocycles. The van der Waals surface area contributed by atoms with Gasteiger partial charge in [-0.05, 0) is 124 Å². The summed E-state index contributed by atoms with van der Waals surface area (Å²) in [6.45, 7) is 4.83. The van der Waals surface area contributed by atoms with E-state index in [1.807, 2.05) is 0 Å². The summed E-state index contributed by atoms with van der Waals surface area (Å²) in [4.78, 5) is 2.54. The van der Waals surface area contributed by atoms with E-state index in [1.165, 1.54) is 76.7 Å². The van der Waals surface area contributed by atoms with Crippen molar-refractivity contribution in [3.8, 4) is 11.1 Å².